The van der Waals surface area contributed by atoms with Crippen molar-refractivity contribution < 1.29 is 25.5 Å². The zero-order valence-electron chi connectivity index (χ0n) is 7.33. The van der Waals surface area contributed by atoms with Gasteiger partial charge in [0.15, 0.2) is 11.5 Å². The molecule has 0 heterocycles. The molecule has 2 atom stereocenters. The fourth-order valence-corrected chi connectivity index (χ4v) is 1.05. The number of aliphatic hydroxyl groups is 3. The van der Waals surface area contributed by atoms with Crippen LogP contribution in [0.2, 0.25) is 0 Å². The van der Waals surface area contributed by atoms with Crippen LogP contribution in [-0.4, -0.2) is 38.2 Å². The molecule has 0 aromatic heterocycles. The van der Waals surface area contributed by atoms with E-state index >= 15 is 0 Å². The fourth-order valence-electron chi connectivity index (χ4n) is 1.05. The molecule has 0 saturated heterocycles. The van der Waals surface area contributed by atoms with Crippen molar-refractivity contribution in [2.24, 2.45) is 0 Å². The van der Waals surface area contributed by atoms with Gasteiger partial charge in [0.2, 0.25) is 0 Å². The van der Waals surface area contributed by atoms with Gasteiger partial charge in [0.05, 0.1) is 6.61 Å². The minimum absolute atomic E-state index is 0.224. The Morgan fingerprint density at radius 3 is 2.21 bits per heavy atom. The van der Waals surface area contributed by atoms with Gasteiger partial charge in [0, 0.05) is 0 Å². The molecule has 5 heteroatoms. The molecule has 0 amide bonds. The maximum Gasteiger partial charge on any atom is 0.157 e. The van der Waals surface area contributed by atoms with Gasteiger partial charge in [-0.05, 0) is 17.7 Å². The van der Waals surface area contributed by atoms with Crippen LogP contribution < -0.4 is 0 Å². The van der Waals surface area contributed by atoms with Crippen molar-refractivity contribution in [2.75, 3.05) is 6.61 Å². The highest BCUT2D eigenvalue weighted by Gasteiger charge is 2.18. The summed E-state index contributed by atoms with van der Waals surface area (Å²) >= 11 is 0. The number of benzene rings is 1. The average Bonchev–Trinajstić information content (AvgIpc) is 2.20. The number of rotatable bonds is 3. The van der Waals surface area contributed by atoms with Gasteiger partial charge < -0.3 is 25.5 Å². The molecular formula is C9H12O5. The standard InChI is InChI=1S/C9H12O5/c10-4-8(13)9(14)5-1-2-6(11)7(12)3-5/h1-3,8-14H,4H2. The molecule has 1 aromatic carbocycles. The Kier molecular flexibility index (Phi) is 3.29. The van der Waals surface area contributed by atoms with E-state index < -0.39 is 18.8 Å². The molecule has 0 bridgehead atoms. The second-order valence-corrected chi connectivity index (χ2v) is 2.94. The Morgan fingerprint density at radius 1 is 1.07 bits per heavy atom. The van der Waals surface area contributed by atoms with Crippen LogP contribution in [0.1, 0.15) is 11.7 Å². The minimum atomic E-state index is -1.31. The van der Waals surface area contributed by atoms with Crippen molar-refractivity contribution in [3.8, 4) is 11.5 Å². The number of phenols is 2. The Bertz CT molecular complexity index is 312. The van der Waals surface area contributed by atoms with Gasteiger partial charge in [0.25, 0.3) is 0 Å². The van der Waals surface area contributed by atoms with Crippen LogP contribution in [0, 0.1) is 0 Å². The SMILES string of the molecule is OCC(O)C(O)c1ccc(O)c(O)c1. The number of hydrogen-bond donors (Lipinski definition) is 5. The third-order valence-corrected chi connectivity index (χ3v) is 1.89. The summed E-state index contributed by atoms with van der Waals surface area (Å²) in [5.41, 5.74) is 0.224. The zero-order valence-corrected chi connectivity index (χ0v) is 7.33. The van der Waals surface area contributed by atoms with E-state index in [0.717, 1.165) is 6.07 Å². The highest BCUT2D eigenvalue weighted by atomic mass is 16.4. The Morgan fingerprint density at radius 2 is 1.71 bits per heavy atom. The molecule has 0 radical (unpaired) electrons. The number of phenolic OH excluding ortho intramolecular Hbond substituents is 2. The first-order chi connectivity index (χ1) is 6.56. The van der Waals surface area contributed by atoms with Crippen LogP contribution in [0.15, 0.2) is 18.2 Å². The highest BCUT2D eigenvalue weighted by molar-refractivity contribution is 5.41. The summed E-state index contributed by atoms with van der Waals surface area (Å²) in [6.07, 6.45) is -2.59. The second kappa shape index (κ2) is 4.28. The van der Waals surface area contributed by atoms with Crippen molar-refractivity contribution in [2.45, 2.75) is 12.2 Å². The Labute approximate surface area is 80.5 Å². The van der Waals surface area contributed by atoms with Crippen LogP contribution >= 0.6 is 0 Å². The maximum absolute atomic E-state index is 9.40. The molecule has 0 fully saturated rings. The third kappa shape index (κ3) is 2.14. The van der Waals surface area contributed by atoms with Crippen LogP contribution in [-0.2, 0) is 0 Å². The number of hydrogen-bond acceptors (Lipinski definition) is 5. The van der Waals surface area contributed by atoms with Gasteiger partial charge in [0.1, 0.15) is 12.2 Å². The lowest BCUT2D eigenvalue weighted by Gasteiger charge is -2.16. The van der Waals surface area contributed by atoms with E-state index in [1.165, 1.54) is 12.1 Å². The molecule has 1 rings (SSSR count). The van der Waals surface area contributed by atoms with Gasteiger partial charge >= 0.3 is 0 Å². The molecule has 5 nitrogen and oxygen atoms in total. The summed E-state index contributed by atoms with van der Waals surface area (Å²) in [6, 6.07) is 3.66. The lowest BCUT2D eigenvalue weighted by molar-refractivity contribution is -0.0153. The van der Waals surface area contributed by atoms with Gasteiger partial charge in [-0.3, -0.25) is 0 Å². The first-order valence-corrected chi connectivity index (χ1v) is 4.05. The normalized spacial score (nSPS) is 15.1. The molecule has 0 aliphatic rings. The summed E-state index contributed by atoms with van der Waals surface area (Å²) in [7, 11) is 0. The topological polar surface area (TPSA) is 101 Å². The third-order valence-electron chi connectivity index (χ3n) is 1.89. The van der Waals surface area contributed by atoms with E-state index in [9.17, 15) is 5.11 Å². The van der Waals surface area contributed by atoms with Crippen molar-refractivity contribution in [1.29, 1.82) is 0 Å². The van der Waals surface area contributed by atoms with E-state index in [-0.39, 0.29) is 17.1 Å². The van der Waals surface area contributed by atoms with E-state index in [0.29, 0.717) is 0 Å². The zero-order chi connectivity index (χ0) is 10.7. The van der Waals surface area contributed by atoms with Gasteiger partial charge in [-0.2, -0.15) is 0 Å². The average molecular weight is 200 g/mol. The van der Waals surface area contributed by atoms with Crippen LogP contribution in [0.25, 0.3) is 0 Å². The molecule has 0 saturated carbocycles. The second-order valence-electron chi connectivity index (χ2n) is 2.94. The van der Waals surface area contributed by atoms with Gasteiger partial charge in [-0.1, -0.05) is 6.07 Å². The predicted molar refractivity (Wildman–Crippen MR) is 47.8 cm³/mol. The monoisotopic (exact) mass is 200 g/mol. The van der Waals surface area contributed by atoms with Crippen molar-refractivity contribution in [3.63, 3.8) is 0 Å². The minimum Gasteiger partial charge on any atom is -0.504 e. The summed E-state index contributed by atoms with van der Waals surface area (Å²) in [5.74, 6) is -0.689. The summed E-state index contributed by atoms with van der Waals surface area (Å²) < 4.78 is 0. The molecule has 78 valence electrons. The predicted octanol–water partition coefficient (Wildman–Crippen LogP) is -0.516. The summed E-state index contributed by atoms with van der Waals surface area (Å²) in [5, 5.41) is 45.1. The quantitative estimate of drug-likeness (QED) is 0.423. The Hall–Kier alpha value is -1.30. The van der Waals surface area contributed by atoms with E-state index in [4.69, 9.17) is 20.4 Å². The highest BCUT2D eigenvalue weighted by Crippen LogP contribution is 2.28. The van der Waals surface area contributed by atoms with Crippen molar-refractivity contribution >= 4 is 0 Å². The van der Waals surface area contributed by atoms with E-state index in [1.54, 1.807) is 0 Å². The fraction of sp³-hybridized carbons (Fsp3) is 0.333. The first-order valence-electron chi connectivity index (χ1n) is 4.05. The lowest BCUT2D eigenvalue weighted by Crippen LogP contribution is -2.21. The molecule has 14 heavy (non-hydrogen) atoms. The van der Waals surface area contributed by atoms with Crippen LogP contribution in [0.3, 0.4) is 0 Å². The molecule has 0 aliphatic heterocycles. The number of aromatic hydroxyl groups is 2. The lowest BCUT2D eigenvalue weighted by atomic mass is 10.0. The maximum atomic E-state index is 9.40. The van der Waals surface area contributed by atoms with E-state index in [2.05, 4.69) is 0 Å². The van der Waals surface area contributed by atoms with Gasteiger partial charge in [-0.25, -0.2) is 0 Å². The van der Waals surface area contributed by atoms with Crippen molar-refractivity contribution in [1.82, 2.24) is 0 Å². The molecular weight excluding hydrogens is 188 g/mol. The van der Waals surface area contributed by atoms with Crippen LogP contribution in [0.5, 0.6) is 11.5 Å². The Balaban J connectivity index is 2.91. The summed E-state index contributed by atoms with van der Waals surface area (Å²) in [4.78, 5) is 0. The number of aliphatic hydroxyl groups excluding tert-OH is 3. The molecule has 5 N–H and O–H groups in total. The van der Waals surface area contributed by atoms with Crippen LogP contribution in [0.4, 0.5) is 0 Å². The molecule has 2 unspecified atom stereocenters. The first kappa shape index (κ1) is 10.8. The largest absolute Gasteiger partial charge is 0.504 e. The molecule has 0 spiro atoms. The van der Waals surface area contributed by atoms with Crippen molar-refractivity contribution in [3.05, 3.63) is 23.8 Å². The van der Waals surface area contributed by atoms with E-state index in [1.807, 2.05) is 0 Å². The molecule has 0 aliphatic carbocycles. The summed E-state index contributed by atoms with van der Waals surface area (Å²) in [6.45, 7) is -0.581. The van der Waals surface area contributed by atoms with Gasteiger partial charge in [-0.15, -0.1) is 0 Å². The smallest absolute Gasteiger partial charge is 0.157 e. The molecule has 1 aromatic rings.